The van der Waals surface area contributed by atoms with Crippen LogP contribution in [0.3, 0.4) is 0 Å². The zero-order valence-corrected chi connectivity index (χ0v) is 9.87. The number of halogens is 1. The average Bonchev–Trinajstić information content (AvgIpc) is 2.99. The quantitative estimate of drug-likeness (QED) is 0.646. The van der Waals surface area contributed by atoms with Gasteiger partial charge in [0, 0.05) is 17.7 Å². The Morgan fingerprint density at radius 1 is 1.47 bits per heavy atom. The smallest absolute Gasteiger partial charge is 0.292 e. The highest BCUT2D eigenvalue weighted by atomic mass is 19.1. The van der Waals surface area contributed by atoms with E-state index in [1.54, 1.807) is 0 Å². The monoisotopic (exact) mass is 238 g/mol. The zero-order valence-electron chi connectivity index (χ0n) is 9.87. The van der Waals surface area contributed by atoms with Gasteiger partial charge in [-0.3, -0.25) is 10.1 Å². The third-order valence-corrected chi connectivity index (χ3v) is 3.21. The molecule has 0 saturated heterocycles. The van der Waals surface area contributed by atoms with Crippen molar-refractivity contribution < 1.29 is 9.31 Å². The third-order valence-electron chi connectivity index (χ3n) is 3.21. The molecule has 0 bridgehead atoms. The molecule has 1 aliphatic rings. The van der Waals surface area contributed by atoms with Crippen molar-refractivity contribution in [1.29, 1.82) is 0 Å². The molecule has 0 amide bonds. The first-order valence-corrected chi connectivity index (χ1v) is 5.62. The van der Waals surface area contributed by atoms with Crippen molar-refractivity contribution in [3.8, 4) is 0 Å². The second-order valence-corrected chi connectivity index (χ2v) is 5.04. The van der Waals surface area contributed by atoms with E-state index in [2.05, 4.69) is 5.32 Å². The molecular formula is C12H15FN2O2. The number of rotatable bonds is 4. The van der Waals surface area contributed by atoms with Crippen molar-refractivity contribution in [2.75, 3.05) is 5.32 Å². The van der Waals surface area contributed by atoms with Gasteiger partial charge < -0.3 is 5.32 Å². The number of nitro groups is 1. The van der Waals surface area contributed by atoms with E-state index in [-0.39, 0.29) is 16.9 Å². The number of hydrogen-bond donors (Lipinski definition) is 1. The molecule has 1 saturated carbocycles. The van der Waals surface area contributed by atoms with Crippen LogP contribution in [0.25, 0.3) is 0 Å². The Kier molecular flexibility index (Phi) is 2.77. The first kappa shape index (κ1) is 11.8. The number of nitro benzene ring substituents is 1. The summed E-state index contributed by atoms with van der Waals surface area (Å²) in [6.07, 6.45) is 2.23. The molecule has 92 valence electrons. The lowest BCUT2D eigenvalue weighted by atomic mass is 9.98. The molecule has 0 radical (unpaired) electrons. The van der Waals surface area contributed by atoms with E-state index >= 15 is 0 Å². The van der Waals surface area contributed by atoms with Crippen LogP contribution in [0, 0.1) is 21.8 Å². The molecule has 0 aromatic heterocycles. The van der Waals surface area contributed by atoms with Crippen LogP contribution < -0.4 is 5.32 Å². The summed E-state index contributed by atoms with van der Waals surface area (Å²) in [6.45, 7) is 3.97. The van der Waals surface area contributed by atoms with Crippen LogP contribution in [-0.2, 0) is 0 Å². The van der Waals surface area contributed by atoms with Gasteiger partial charge in [-0.1, -0.05) is 0 Å². The van der Waals surface area contributed by atoms with Gasteiger partial charge in [-0.25, -0.2) is 4.39 Å². The number of anilines is 1. The van der Waals surface area contributed by atoms with E-state index in [9.17, 15) is 14.5 Å². The Morgan fingerprint density at radius 2 is 2.12 bits per heavy atom. The van der Waals surface area contributed by atoms with Gasteiger partial charge in [0.05, 0.1) is 4.92 Å². The minimum absolute atomic E-state index is 0.0832. The van der Waals surface area contributed by atoms with Gasteiger partial charge in [0.1, 0.15) is 11.5 Å². The fraction of sp³-hybridized carbons (Fsp3) is 0.500. The second-order valence-electron chi connectivity index (χ2n) is 5.04. The number of hydrogen-bond acceptors (Lipinski definition) is 3. The Labute approximate surface area is 99.0 Å². The van der Waals surface area contributed by atoms with Crippen molar-refractivity contribution in [2.45, 2.75) is 32.2 Å². The lowest BCUT2D eigenvalue weighted by Crippen LogP contribution is -2.33. The lowest BCUT2D eigenvalue weighted by Gasteiger charge is -2.27. The van der Waals surface area contributed by atoms with Crippen molar-refractivity contribution in [3.63, 3.8) is 0 Å². The molecule has 0 aliphatic heterocycles. The summed E-state index contributed by atoms with van der Waals surface area (Å²) >= 11 is 0. The highest BCUT2D eigenvalue weighted by molar-refractivity contribution is 5.62. The standard InChI is InChI=1S/C12H15FN2O2/c1-12(2,8-3-4-8)14-10-7-9(13)5-6-11(10)15(16)17/h5-8,14H,3-4H2,1-2H3. The lowest BCUT2D eigenvalue weighted by molar-refractivity contribution is -0.384. The summed E-state index contributed by atoms with van der Waals surface area (Å²) in [5, 5.41) is 13.9. The Bertz CT molecular complexity index is 456. The molecule has 1 fully saturated rings. The fourth-order valence-corrected chi connectivity index (χ4v) is 2.02. The summed E-state index contributed by atoms with van der Waals surface area (Å²) < 4.78 is 13.1. The van der Waals surface area contributed by atoms with Gasteiger partial charge in [0.2, 0.25) is 0 Å². The Balaban J connectivity index is 2.30. The first-order chi connectivity index (χ1) is 7.90. The maximum atomic E-state index is 13.1. The highest BCUT2D eigenvalue weighted by Crippen LogP contribution is 2.42. The molecule has 1 aromatic rings. The van der Waals surface area contributed by atoms with Crippen LogP contribution in [0.2, 0.25) is 0 Å². The Morgan fingerprint density at radius 3 is 2.65 bits per heavy atom. The number of nitrogens with one attached hydrogen (secondary N) is 1. The van der Waals surface area contributed by atoms with Crippen LogP contribution >= 0.6 is 0 Å². The SMILES string of the molecule is CC(C)(Nc1cc(F)ccc1[N+](=O)[O-])C1CC1. The molecule has 1 aliphatic carbocycles. The topological polar surface area (TPSA) is 55.2 Å². The molecule has 4 nitrogen and oxygen atoms in total. The van der Waals surface area contributed by atoms with Gasteiger partial charge in [0.15, 0.2) is 0 Å². The third kappa shape index (κ3) is 2.54. The second kappa shape index (κ2) is 3.98. The summed E-state index contributed by atoms with van der Waals surface area (Å²) in [5.41, 5.74) is -0.0644. The van der Waals surface area contributed by atoms with Gasteiger partial charge in [0.25, 0.3) is 5.69 Å². The van der Waals surface area contributed by atoms with E-state index in [0.717, 1.165) is 18.9 Å². The summed E-state index contributed by atoms with van der Waals surface area (Å²) in [6, 6.07) is 3.48. The predicted molar refractivity (Wildman–Crippen MR) is 63.5 cm³/mol. The normalized spacial score (nSPS) is 15.7. The van der Waals surface area contributed by atoms with E-state index in [0.29, 0.717) is 5.92 Å². The van der Waals surface area contributed by atoms with Gasteiger partial charge in [-0.15, -0.1) is 0 Å². The van der Waals surface area contributed by atoms with Gasteiger partial charge >= 0.3 is 0 Å². The largest absolute Gasteiger partial charge is 0.374 e. The maximum absolute atomic E-state index is 13.1. The fourth-order valence-electron chi connectivity index (χ4n) is 2.02. The van der Waals surface area contributed by atoms with Crippen molar-refractivity contribution in [2.24, 2.45) is 5.92 Å². The number of benzene rings is 1. The molecule has 0 spiro atoms. The van der Waals surface area contributed by atoms with Crippen molar-refractivity contribution in [1.82, 2.24) is 0 Å². The minimum atomic E-state index is -0.495. The summed E-state index contributed by atoms with van der Waals surface area (Å²) in [7, 11) is 0. The molecule has 1 N–H and O–H groups in total. The van der Waals surface area contributed by atoms with Crippen LogP contribution in [0.15, 0.2) is 18.2 Å². The molecular weight excluding hydrogens is 223 g/mol. The molecule has 17 heavy (non-hydrogen) atoms. The summed E-state index contributed by atoms with van der Waals surface area (Å²) in [5.74, 6) is 0.0371. The van der Waals surface area contributed by atoms with Crippen LogP contribution in [0.4, 0.5) is 15.8 Å². The molecule has 0 unspecified atom stereocenters. The zero-order chi connectivity index (χ0) is 12.6. The Hall–Kier alpha value is -1.65. The highest BCUT2D eigenvalue weighted by Gasteiger charge is 2.38. The van der Waals surface area contributed by atoms with Crippen LogP contribution in [-0.4, -0.2) is 10.5 Å². The van der Waals surface area contributed by atoms with E-state index < -0.39 is 10.7 Å². The van der Waals surface area contributed by atoms with Gasteiger partial charge in [-0.2, -0.15) is 0 Å². The molecule has 5 heteroatoms. The number of nitrogens with zero attached hydrogens (tertiary/aromatic N) is 1. The first-order valence-electron chi connectivity index (χ1n) is 5.62. The average molecular weight is 238 g/mol. The maximum Gasteiger partial charge on any atom is 0.292 e. The molecule has 1 aromatic carbocycles. The van der Waals surface area contributed by atoms with Crippen molar-refractivity contribution >= 4 is 11.4 Å². The molecule has 0 heterocycles. The van der Waals surface area contributed by atoms with Gasteiger partial charge in [-0.05, 0) is 38.7 Å². The minimum Gasteiger partial charge on any atom is -0.374 e. The summed E-state index contributed by atoms with van der Waals surface area (Å²) in [4.78, 5) is 10.4. The van der Waals surface area contributed by atoms with E-state index in [4.69, 9.17) is 0 Å². The molecule has 2 rings (SSSR count). The van der Waals surface area contributed by atoms with Crippen LogP contribution in [0.1, 0.15) is 26.7 Å². The van der Waals surface area contributed by atoms with E-state index in [1.807, 2.05) is 13.8 Å². The van der Waals surface area contributed by atoms with Crippen LogP contribution in [0.5, 0.6) is 0 Å². The molecule has 0 atom stereocenters. The van der Waals surface area contributed by atoms with Crippen molar-refractivity contribution in [3.05, 3.63) is 34.1 Å². The van der Waals surface area contributed by atoms with E-state index in [1.165, 1.54) is 12.1 Å². The predicted octanol–water partition coefficient (Wildman–Crippen LogP) is 3.33.